The first-order valence-corrected chi connectivity index (χ1v) is 13.6. The maximum Gasteiger partial charge on any atom is 0.338 e. The number of ether oxygens (including phenoxy) is 1. The Morgan fingerprint density at radius 1 is 1.06 bits per heavy atom. The van der Waals surface area contributed by atoms with Crippen LogP contribution in [0.4, 0.5) is 5.69 Å². The molecule has 0 aromatic heterocycles. The molecule has 0 saturated carbocycles. The quantitative estimate of drug-likeness (QED) is 0.386. The van der Waals surface area contributed by atoms with Gasteiger partial charge in [-0.15, -0.1) is 0 Å². The van der Waals surface area contributed by atoms with Crippen LogP contribution in [0.15, 0.2) is 35.2 Å². The molecule has 0 aliphatic carbocycles. The average molecular weight is 515 g/mol. The number of aryl methyl sites for hydroxylation is 2. The fourth-order valence-electron chi connectivity index (χ4n) is 4.61. The standard InChI is InChI=1S/C27H34N2O6S/c1-8-18(5)29(36(33,34)25-19(6)16(3)14-17(4)20(25)7)23-15-24(30)28(26(23)31)22-12-10-21(11-13-22)27(32)35-9-2/h10-14,18,23H,8-9,15H2,1-7H3. The van der Waals surface area contributed by atoms with Gasteiger partial charge in [0.1, 0.15) is 6.04 Å². The van der Waals surface area contributed by atoms with Crippen molar-refractivity contribution in [1.29, 1.82) is 0 Å². The zero-order valence-electron chi connectivity index (χ0n) is 21.9. The molecule has 0 spiro atoms. The van der Waals surface area contributed by atoms with Crippen molar-refractivity contribution in [3.05, 3.63) is 58.1 Å². The van der Waals surface area contributed by atoms with Crippen LogP contribution in [0.5, 0.6) is 0 Å². The molecule has 2 aromatic carbocycles. The van der Waals surface area contributed by atoms with E-state index < -0.39 is 39.9 Å². The molecule has 2 aromatic rings. The Kier molecular flexibility index (Phi) is 8.05. The Labute approximate surface area is 213 Å². The Balaban J connectivity index is 2.05. The SMILES string of the molecule is CCOC(=O)c1ccc(N2C(=O)CC(N(C(C)CC)S(=O)(=O)c3c(C)c(C)cc(C)c3C)C2=O)cc1. The predicted molar refractivity (Wildman–Crippen MR) is 137 cm³/mol. The number of anilines is 1. The van der Waals surface area contributed by atoms with E-state index in [4.69, 9.17) is 4.74 Å². The van der Waals surface area contributed by atoms with E-state index in [0.717, 1.165) is 16.0 Å². The molecule has 194 valence electrons. The normalized spacial score (nSPS) is 17.1. The minimum Gasteiger partial charge on any atom is -0.462 e. The van der Waals surface area contributed by atoms with Crippen LogP contribution < -0.4 is 4.90 Å². The summed E-state index contributed by atoms with van der Waals surface area (Å²) in [6.07, 6.45) is 0.208. The number of carbonyl (C=O) groups is 3. The number of imide groups is 1. The number of sulfonamides is 1. The van der Waals surface area contributed by atoms with Gasteiger partial charge in [-0.25, -0.2) is 18.1 Å². The molecule has 2 unspecified atom stereocenters. The number of nitrogens with zero attached hydrogens (tertiary/aromatic N) is 2. The molecule has 9 heteroatoms. The van der Waals surface area contributed by atoms with Crippen LogP contribution in [0.25, 0.3) is 0 Å². The fourth-order valence-corrected chi connectivity index (χ4v) is 7.04. The lowest BCUT2D eigenvalue weighted by atomic mass is 10.0. The van der Waals surface area contributed by atoms with Crippen molar-refractivity contribution in [2.45, 2.75) is 78.3 Å². The van der Waals surface area contributed by atoms with Crippen LogP contribution in [0.1, 0.15) is 66.2 Å². The highest BCUT2D eigenvalue weighted by atomic mass is 32.2. The van der Waals surface area contributed by atoms with Crippen LogP contribution in [0.2, 0.25) is 0 Å². The lowest BCUT2D eigenvalue weighted by Gasteiger charge is -2.33. The van der Waals surface area contributed by atoms with Crippen LogP contribution >= 0.6 is 0 Å². The summed E-state index contributed by atoms with van der Waals surface area (Å²) in [6, 6.07) is 6.21. The number of esters is 1. The second-order valence-corrected chi connectivity index (χ2v) is 11.0. The molecular formula is C27H34N2O6S. The predicted octanol–water partition coefficient (Wildman–Crippen LogP) is 4.22. The van der Waals surface area contributed by atoms with Gasteiger partial charge in [0, 0.05) is 6.04 Å². The van der Waals surface area contributed by atoms with Crippen molar-refractivity contribution in [2.75, 3.05) is 11.5 Å². The molecule has 36 heavy (non-hydrogen) atoms. The summed E-state index contributed by atoms with van der Waals surface area (Å²) >= 11 is 0. The van der Waals surface area contributed by atoms with Gasteiger partial charge in [-0.1, -0.05) is 13.0 Å². The summed E-state index contributed by atoms with van der Waals surface area (Å²) in [6.45, 7) is 12.8. The van der Waals surface area contributed by atoms with E-state index in [1.165, 1.54) is 28.6 Å². The van der Waals surface area contributed by atoms with Crippen molar-refractivity contribution in [3.63, 3.8) is 0 Å². The largest absolute Gasteiger partial charge is 0.462 e. The highest BCUT2D eigenvalue weighted by molar-refractivity contribution is 7.89. The number of amides is 2. The van der Waals surface area contributed by atoms with Gasteiger partial charge in [0.2, 0.25) is 15.9 Å². The molecular weight excluding hydrogens is 480 g/mol. The number of hydrogen-bond donors (Lipinski definition) is 0. The van der Waals surface area contributed by atoms with Gasteiger partial charge in [-0.3, -0.25) is 9.59 Å². The first-order chi connectivity index (χ1) is 16.9. The number of rotatable bonds is 8. The molecule has 0 bridgehead atoms. The van der Waals surface area contributed by atoms with E-state index in [-0.39, 0.29) is 23.6 Å². The smallest absolute Gasteiger partial charge is 0.338 e. The summed E-state index contributed by atoms with van der Waals surface area (Å²) in [5, 5.41) is 0. The lowest BCUT2D eigenvalue weighted by molar-refractivity contribution is -0.122. The summed E-state index contributed by atoms with van der Waals surface area (Å²) in [4.78, 5) is 39.8. The Bertz CT molecular complexity index is 1270. The molecule has 8 nitrogen and oxygen atoms in total. The zero-order valence-corrected chi connectivity index (χ0v) is 22.7. The Hall–Kier alpha value is -3.04. The van der Waals surface area contributed by atoms with Gasteiger partial charge < -0.3 is 4.74 Å². The molecule has 1 heterocycles. The fraction of sp³-hybridized carbons (Fsp3) is 0.444. The molecule has 3 rings (SSSR count). The van der Waals surface area contributed by atoms with E-state index in [1.807, 2.05) is 26.8 Å². The average Bonchev–Trinajstić information content (AvgIpc) is 3.11. The highest BCUT2D eigenvalue weighted by Gasteiger charge is 2.49. The van der Waals surface area contributed by atoms with Crippen molar-refractivity contribution >= 4 is 33.5 Å². The number of carbonyl (C=O) groups excluding carboxylic acids is 3. The summed E-state index contributed by atoms with van der Waals surface area (Å²) in [7, 11) is -4.12. The topological polar surface area (TPSA) is 101 Å². The van der Waals surface area contributed by atoms with Crippen molar-refractivity contribution in [2.24, 2.45) is 0 Å². The van der Waals surface area contributed by atoms with Gasteiger partial charge in [0.15, 0.2) is 0 Å². The molecule has 1 aliphatic heterocycles. The van der Waals surface area contributed by atoms with Gasteiger partial charge in [0.25, 0.3) is 5.91 Å². The molecule has 0 N–H and O–H groups in total. The Morgan fingerprint density at radius 2 is 1.61 bits per heavy atom. The van der Waals surface area contributed by atoms with E-state index in [1.54, 1.807) is 27.7 Å². The third-order valence-electron chi connectivity index (χ3n) is 6.92. The van der Waals surface area contributed by atoms with Gasteiger partial charge >= 0.3 is 5.97 Å². The van der Waals surface area contributed by atoms with Crippen LogP contribution in [0, 0.1) is 27.7 Å². The number of hydrogen-bond acceptors (Lipinski definition) is 6. The van der Waals surface area contributed by atoms with E-state index in [0.29, 0.717) is 23.1 Å². The molecule has 2 atom stereocenters. The molecule has 1 fully saturated rings. The first-order valence-electron chi connectivity index (χ1n) is 12.1. The third kappa shape index (κ3) is 4.82. The first kappa shape index (κ1) is 27.5. The van der Waals surface area contributed by atoms with E-state index >= 15 is 0 Å². The van der Waals surface area contributed by atoms with Crippen LogP contribution in [-0.4, -0.2) is 49.2 Å². The second kappa shape index (κ2) is 10.5. The second-order valence-electron chi connectivity index (χ2n) is 9.24. The Morgan fingerprint density at radius 3 is 2.11 bits per heavy atom. The molecule has 1 aliphatic rings. The van der Waals surface area contributed by atoms with Crippen molar-refractivity contribution in [3.8, 4) is 0 Å². The van der Waals surface area contributed by atoms with E-state index in [9.17, 15) is 22.8 Å². The lowest BCUT2D eigenvalue weighted by Crippen LogP contribution is -2.49. The third-order valence-corrected chi connectivity index (χ3v) is 9.22. The minimum atomic E-state index is -4.12. The zero-order chi connectivity index (χ0) is 26.9. The molecule has 2 amide bonds. The summed E-state index contributed by atoms with van der Waals surface area (Å²) in [5.74, 6) is -1.60. The van der Waals surface area contributed by atoms with Crippen LogP contribution in [-0.2, 0) is 24.3 Å². The molecule has 1 saturated heterocycles. The highest BCUT2D eigenvalue weighted by Crippen LogP contribution is 2.35. The van der Waals surface area contributed by atoms with Gasteiger partial charge in [-0.2, -0.15) is 4.31 Å². The maximum atomic E-state index is 14.1. The summed E-state index contributed by atoms with van der Waals surface area (Å²) in [5.41, 5.74) is 3.53. The maximum absolute atomic E-state index is 14.1. The van der Waals surface area contributed by atoms with E-state index in [2.05, 4.69) is 0 Å². The van der Waals surface area contributed by atoms with Crippen molar-refractivity contribution in [1.82, 2.24) is 4.31 Å². The summed E-state index contributed by atoms with van der Waals surface area (Å²) < 4.78 is 34.5. The monoisotopic (exact) mass is 514 g/mol. The van der Waals surface area contributed by atoms with Gasteiger partial charge in [-0.05, 0) is 94.5 Å². The van der Waals surface area contributed by atoms with Crippen LogP contribution in [0.3, 0.4) is 0 Å². The molecule has 0 radical (unpaired) electrons. The minimum absolute atomic E-state index is 0.192. The number of benzene rings is 2. The van der Waals surface area contributed by atoms with Crippen molar-refractivity contribution < 1.29 is 27.5 Å². The van der Waals surface area contributed by atoms with Gasteiger partial charge in [0.05, 0.1) is 29.2 Å².